The van der Waals surface area contributed by atoms with Crippen molar-refractivity contribution in [1.82, 2.24) is 0 Å². The smallest absolute Gasteiger partial charge is 0.0953 e. The molecule has 0 N–H and O–H groups in total. The van der Waals surface area contributed by atoms with Crippen molar-refractivity contribution in [3.8, 4) is 6.07 Å². The highest BCUT2D eigenvalue weighted by molar-refractivity contribution is 5.49. The second kappa shape index (κ2) is 5.18. The quantitative estimate of drug-likeness (QED) is 0.512. The predicted molar refractivity (Wildman–Crippen MR) is 106 cm³/mol. The van der Waals surface area contributed by atoms with Gasteiger partial charge >= 0.3 is 0 Å². The Balaban J connectivity index is 1.64. The van der Waals surface area contributed by atoms with Crippen molar-refractivity contribution in [2.75, 3.05) is 0 Å². The van der Waals surface area contributed by atoms with Crippen LogP contribution in [0.1, 0.15) is 86.0 Å². The van der Waals surface area contributed by atoms with Gasteiger partial charge < -0.3 is 0 Å². The molecule has 5 aliphatic rings. The molecule has 1 nitrogen and oxygen atoms in total. The van der Waals surface area contributed by atoms with Crippen molar-refractivity contribution in [1.29, 1.82) is 5.26 Å². The van der Waals surface area contributed by atoms with Gasteiger partial charge in [0.1, 0.15) is 0 Å². The lowest BCUT2D eigenvalue weighted by Crippen LogP contribution is -2.43. The normalized spacial score (nSPS) is 54.9. The van der Waals surface area contributed by atoms with Gasteiger partial charge in [0.05, 0.1) is 6.07 Å². The van der Waals surface area contributed by atoms with E-state index in [0.29, 0.717) is 16.7 Å². The van der Waals surface area contributed by atoms with E-state index < -0.39 is 0 Å². The Bertz CT molecular complexity index is 710. The van der Waals surface area contributed by atoms with Crippen LogP contribution in [0, 0.1) is 63.1 Å². The zero-order chi connectivity index (χ0) is 18.5. The Kier molecular flexibility index (Phi) is 3.46. The summed E-state index contributed by atoms with van der Waals surface area (Å²) in [6, 6.07) is 2.86. The largest absolute Gasteiger partial charge is 0.193 e. The fourth-order valence-electron chi connectivity index (χ4n) is 9.49. The van der Waals surface area contributed by atoms with Crippen LogP contribution in [-0.2, 0) is 0 Å². The van der Waals surface area contributed by atoms with Gasteiger partial charge in [0, 0.05) is 11.0 Å². The number of hydrogen-bond donors (Lipinski definition) is 0. The fourth-order valence-corrected chi connectivity index (χ4v) is 9.49. The summed E-state index contributed by atoms with van der Waals surface area (Å²) < 4.78 is 0. The second-order valence-electron chi connectivity index (χ2n) is 11.7. The molecule has 0 aromatic rings. The Hall–Kier alpha value is -0.770. The van der Waals surface area contributed by atoms with Crippen LogP contribution in [0.25, 0.3) is 0 Å². The predicted octanol–water partition coefficient (Wildman–Crippen LogP) is 6.75. The molecule has 0 amide bonds. The Morgan fingerprint density at radius 2 is 1.81 bits per heavy atom. The summed E-state index contributed by atoms with van der Waals surface area (Å²) in [6.45, 7) is 12.6. The molecule has 1 spiro atoms. The SMILES string of the molecule is CC(C)[C@@H]1CC[C@]2(C)C[C@@H]3C(=C(C#N)C45CC[C@@H](C)[C@@H]4CC[C@@]35C)C[C@@H]12. The topological polar surface area (TPSA) is 23.8 Å². The van der Waals surface area contributed by atoms with Crippen molar-refractivity contribution in [2.24, 2.45) is 51.8 Å². The van der Waals surface area contributed by atoms with Gasteiger partial charge in [0.25, 0.3) is 0 Å². The summed E-state index contributed by atoms with van der Waals surface area (Å²) in [5.41, 5.74) is 4.13. The average molecular weight is 352 g/mol. The molecule has 0 aromatic carbocycles. The first-order valence-electron chi connectivity index (χ1n) is 11.4. The van der Waals surface area contributed by atoms with Crippen LogP contribution in [0.4, 0.5) is 0 Å². The molecule has 8 atom stereocenters. The Morgan fingerprint density at radius 3 is 2.50 bits per heavy atom. The number of nitriles is 1. The standard InChI is InChI=1S/C25H37N/c1-15(2)17-7-9-23(4)13-21-18(12-20(17)23)22(14-26)25-11-6-16(3)19(25)8-10-24(21,25)5/h15-17,19-21H,6-13H2,1-5H3/t16-,17+,19+,20+,21-,23-,24+,25?/m1/s1. The summed E-state index contributed by atoms with van der Waals surface area (Å²) in [4.78, 5) is 0. The van der Waals surface area contributed by atoms with E-state index in [1.165, 1.54) is 56.9 Å². The molecule has 142 valence electrons. The van der Waals surface area contributed by atoms with E-state index in [-0.39, 0.29) is 5.41 Å². The number of rotatable bonds is 1. The average Bonchev–Trinajstić information content (AvgIpc) is 3.24. The Labute approximate surface area is 160 Å². The molecule has 5 aliphatic carbocycles. The van der Waals surface area contributed by atoms with Crippen LogP contribution >= 0.6 is 0 Å². The third kappa shape index (κ3) is 1.74. The van der Waals surface area contributed by atoms with Gasteiger partial charge in [-0.1, -0.05) is 40.2 Å². The van der Waals surface area contributed by atoms with Crippen LogP contribution in [0.15, 0.2) is 11.1 Å². The highest BCUT2D eigenvalue weighted by Gasteiger charge is 2.71. The zero-order valence-corrected chi connectivity index (χ0v) is 17.6. The molecule has 1 unspecified atom stereocenters. The lowest BCUT2D eigenvalue weighted by atomic mass is 9.54. The molecule has 4 saturated carbocycles. The molecule has 0 aliphatic heterocycles. The molecule has 5 rings (SSSR count). The lowest BCUT2D eigenvalue weighted by Gasteiger charge is -2.49. The highest BCUT2D eigenvalue weighted by Crippen LogP contribution is 2.79. The maximum atomic E-state index is 10.4. The first-order chi connectivity index (χ1) is 12.3. The van der Waals surface area contributed by atoms with Gasteiger partial charge in [-0.2, -0.15) is 5.26 Å². The highest BCUT2D eigenvalue weighted by atomic mass is 14.7. The van der Waals surface area contributed by atoms with E-state index in [9.17, 15) is 5.26 Å². The molecule has 0 bridgehead atoms. The minimum absolute atomic E-state index is 0.253. The van der Waals surface area contributed by atoms with E-state index in [0.717, 1.165) is 29.6 Å². The maximum absolute atomic E-state index is 10.4. The van der Waals surface area contributed by atoms with Gasteiger partial charge in [0.2, 0.25) is 0 Å². The molecule has 0 radical (unpaired) electrons. The second-order valence-corrected chi connectivity index (χ2v) is 11.7. The molecule has 0 aromatic heterocycles. The number of hydrogen-bond acceptors (Lipinski definition) is 1. The third-order valence-corrected chi connectivity index (χ3v) is 10.8. The zero-order valence-electron chi connectivity index (χ0n) is 17.6. The van der Waals surface area contributed by atoms with Crippen molar-refractivity contribution in [3.63, 3.8) is 0 Å². The van der Waals surface area contributed by atoms with E-state index in [4.69, 9.17) is 0 Å². The third-order valence-electron chi connectivity index (χ3n) is 10.8. The summed E-state index contributed by atoms with van der Waals surface area (Å²) in [7, 11) is 0. The number of fused-ring (bicyclic) bond motifs is 3. The van der Waals surface area contributed by atoms with Crippen LogP contribution in [-0.4, -0.2) is 0 Å². The van der Waals surface area contributed by atoms with E-state index in [1.54, 1.807) is 5.57 Å². The minimum atomic E-state index is 0.253. The minimum Gasteiger partial charge on any atom is -0.193 e. The van der Waals surface area contributed by atoms with Crippen LogP contribution in [0.5, 0.6) is 0 Å². The van der Waals surface area contributed by atoms with Gasteiger partial charge in [-0.25, -0.2) is 0 Å². The maximum Gasteiger partial charge on any atom is 0.0953 e. The Morgan fingerprint density at radius 1 is 1.04 bits per heavy atom. The summed E-state index contributed by atoms with van der Waals surface area (Å²) in [6.07, 6.45) is 10.9. The first-order valence-corrected chi connectivity index (χ1v) is 11.4. The van der Waals surface area contributed by atoms with Crippen molar-refractivity contribution in [3.05, 3.63) is 11.1 Å². The first kappa shape index (κ1) is 17.3. The fraction of sp³-hybridized carbons (Fsp3) is 0.880. The number of nitrogens with zero attached hydrogens (tertiary/aromatic N) is 1. The molecule has 0 saturated heterocycles. The molecule has 0 heterocycles. The molecule has 26 heavy (non-hydrogen) atoms. The molecular weight excluding hydrogens is 314 g/mol. The molecule has 4 fully saturated rings. The molecular formula is C25H37N. The van der Waals surface area contributed by atoms with Crippen LogP contribution < -0.4 is 0 Å². The van der Waals surface area contributed by atoms with Crippen molar-refractivity contribution in [2.45, 2.75) is 86.0 Å². The molecule has 1 heteroatoms. The number of allylic oxidation sites excluding steroid dienone is 2. The monoisotopic (exact) mass is 351 g/mol. The van der Waals surface area contributed by atoms with Crippen molar-refractivity contribution >= 4 is 0 Å². The summed E-state index contributed by atoms with van der Waals surface area (Å²) in [5.74, 6) is 4.80. The van der Waals surface area contributed by atoms with Crippen LogP contribution in [0.3, 0.4) is 0 Å². The van der Waals surface area contributed by atoms with E-state index in [2.05, 4.69) is 40.7 Å². The van der Waals surface area contributed by atoms with Crippen LogP contribution in [0.2, 0.25) is 0 Å². The summed E-state index contributed by atoms with van der Waals surface area (Å²) in [5, 5.41) is 10.4. The lowest BCUT2D eigenvalue weighted by molar-refractivity contribution is 0.0212. The van der Waals surface area contributed by atoms with E-state index in [1.807, 2.05) is 0 Å². The summed E-state index contributed by atoms with van der Waals surface area (Å²) >= 11 is 0. The van der Waals surface area contributed by atoms with E-state index >= 15 is 0 Å². The van der Waals surface area contributed by atoms with Gasteiger partial charge in [-0.3, -0.25) is 0 Å². The van der Waals surface area contributed by atoms with Gasteiger partial charge in [-0.15, -0.1) is 0 Å². The van der Waals surface area contributed by atoms with Gasteiger partial charge in [0.15, 0.2) is 0 Å². The van der Waals surface area contributed by atoms with Crippen molar-refractivity contribution < 1.29 is 0 Å². The van der Waals surface area contributed by atoms with Gasteiger partial charge in [-0.05, 0) is 97.7 Å².